The zero-order valence-electron chi connectivity index (χ0n) is 17.2. The van der Waals surface area contributed by atoms with E-state index in [4.69, 9.17) is 19.1 Å². The topological polar surface area (TPSA) is 92.1 Å². The second kappa shape index (κ2) is 7.33. The Morgan fingerprint density at radius 1 is 1.13 bits per heavy atom. The number of furan rings is 1. The first-order valence-electron chi connectivity index (χ1n) is 10.4. The van der Waals surface area contributed by atoms with Gasteiger partial charge in [-0.2, -0.15) is 0 Å². The van der Waals surface area contributed by atoms with E-state index in [1.54, 1.807) is 0 Å². The van der Waals surface area contributed by atoms with Gasteiger partial charge in [0.2, 0.25) is 5.71 Å². The lowest BCUT2D eigenvalue weighted by Crippen LogP contribution is -2.37. The number of H-pyrrole nitrogens is 1. The van der Waals surface area contributed by atoms with Gasteiger partial charge in [-0.25, -0.2) is 15.0 Å². The molecule has 5 aromatic rings. The first kappa shape index (κ1) is 18.3. The van der Waals surface area contributed by atoms with E-state index < -0.39 is 0 Å². The fourth-order valence-electron chi connectivity index (χ4n) is 4.25. The molecule has 1 aliphatic heterocycles. The number of pyridine rings is 1. The molecule has 8 nitrogen and oxygen atoms in total. The Labute approximate surface area is 178 Å². The van der Waals surface area contributed by atoms with E-state index in [0.717, 1.165) is 58.4 Å². The smallest absolute Gasteiger partial charge is 0.229 e. The zero-order valence-corrected chi connectivity index (χ0v) is 17.2. The Morgan fingerprint density at radius 3 is 2.90 bits per heavy atom. The van der Waals surface area contributed by atoms with Crippen molar-refractivity contribution in [1.82, 2.24) is 25.3 Å². The molecule has 1 saturated heterocycles. The Kier molecular flexibility index (Phi) is 4.33. The molecule has 156 valence electrons. The van der Waals surface area contributed by atoms with E-state index in [2.05, 4.69) is 44.5 Å². The predicted molar refractivity (Wildman–Crippen MR) is 120 cm³/mol. The molecular weight excluding hydrogens is 392 g/mol. The first-order valence-corrected chi connectivity index (χ1v) is 10.4. The maximum absolute atomic E-state index is 6.19. The lowest BCUT2D eigenvalue weighted by Gasteiger charge is -2.27. The van der Waals surface area contributed by atoms with Gasteiger partial charge in [-0.05, 0) is 30.8 Å². The van der Waals surface area contributed by atoms with Crippen molar-refractivity contribution in [2.75, 3.05) is 38.3 Å². The van der Waals surface area contributed by atoms with Gasteiger partial charge in [-0.15, -0.1) is 0 Å². The largest absolute Gasteiger partial charge is 0.432 e. The summed E-state index contributed by atoms with van der Waals surface area (Å²) in [5, 5.41) is 5.18. The van der Waals surface area contributed by atoms with Crippen molar-refractivity contribution in [1.29, 1.82) is 0 Å². The summed E-state index contributed by atoms with van der Waals surface area (Å²) >= 11 is 0. The molecule has 0 spiro atoms. The number of anilines is 1. The van der Waals surface area contributed by atoms with Crippen LogP contribution in [0.1, 0.15) is 5.56 Å². The Balaban J connectivity index is 1.64. The van der Waals surface area contributed by atoms with Crippen LogP contribution in [0, 0.1) is 0 Å². The van der Waals surface area contributed by atoms with Crippen LogP contribution in [0.5, 0.6) is 0 Å². The average molecular weight is 414 g/mol. The highest BCUT2D eigenvalue weighted by atomic mass is 16.5. The van der Waals surface area contributed by atoms with Crippen molar-refractivity contribution in [2.45, 2.75) is 6.54 Å². The van der Waals surface area contributed by atoms with Crippen molar-refractivity contribution in [2.24, 2.45) is 0 Å². The summed E-state index contributed by atoms with van der Waals surface area (Å²) in [6.07, 6.45) is 3.78. The number of fused-ring (bicyclic) bond motifs is 4. The molecule has 0 radical (unpaired) electrons. The van der Waals surface area contributed by atoms with Crippen LogP contribution in [-0.2, 0) is 11.3 Å². The SMILES string of the molecule is CNCc1cnc2oc3c(N4CCOCC4)nc(-c4cccc5[nH]ccc45)nc3c2c1. The summed E-state index contributed by atoms with van der Waals surface area (Å²) in [5.41, 5.74) is 5.18. The van der Waals surface area contributed by atoms with E-state index >= 15 is 0 Å². The molecule has 31 heavy (non-hydrogen) atoms. The lowest BCUT2D eigenvalue weighted by molar-refractivity contribution is 0.122. The van der Waals surface area contributed by atoms with Gasteiger partial charge in [0.25, 0.3) is 0 Å². The fraction of sp³-hybridized carbons (Fsp3) is 0.261. The summed E-state index contributed by atoms with van der Waals surface area (Å²) in [4.78, 5) is 20.0. The van der Waals surface area contributed by atoms with E-state index in [0.29, 0.717) is 30.3 Å². The zero-order chi connectivity index (χ0) is 20.8. The molecule has 1 aromatic carbocycles. The van der Waals surface area contributed by atoms with Crippen molar-refractivity contribution < 1.29 is 9.15 Å². The lowest BCUT2D eigenvalue weighted by atomic mass is 10.1. The summed E-state index contributed by atoms with van der Waals surface area (Å²) in [6, 6.07) is 10.3. The number of nitrogens with one attached hydrogen (secondary N) is 2. The minimum atomic E-state index is 0.579. The van der Waals surface area contributed by atoms with E-state index in [9.17, 15) is 0 Å². The molecule has 2 N–H and O–H groups in total. The molecule has 5 heterocycles. The standard InChI is InChI=1S/C23H22N6O2/c1-24-12-14-11-17-19-20(31-23(17)26-13-14)22(29-7-9-30-10-8-29)28-21(27-19)16-3-2-4-18-15(16)5-6-25-18/h2-6,11,13,24-25H,7-10,12H2,1H3. The number of hydrogen-bond donors (Lipinski definition) is 2. The second-order valence-corrected chi connectivity index (χ2v) is 7.72. The van der Waals surface area contributed by atoms with E-state index in [1.165, 1.54) is 0 Å². The molecule has 0 aliphatic carbocycles. The highest BCUT2D eigenvalue weighted by Crippen LogP contribution is 2.36. The number of hydrogen-bond acceptors (Lipinski definition) is 7. The van der Waals surface area contributed by atoms with Crippen LogP contribution in [0.25, 0.3) is 44.5 Å². The van der Waals surface area contributed by atoms with Gasteiger partial charge >= 0.3 is 0 Å². The van der Waals surface area contributed by atoms with Gasteiger partial charge in [0, 0.05) is 48.5 Å². The monoisotopic (exact) mass is 414 g/mol. The van der Waals surface area contributed by atoms with E-state index in [1.807, 2.05) is 25.5 Å². The third-order valence-electron chi connectivity index (χ3n) is 5.74. The summed E-state index contributed by atoms with van der Waals surface area (Å²) in [5.74, 6) is 1.48. The molecule has 0 saturated carbocycles. The minimum absolute atomic E-state index is 0.579. The summed E-state index contributed by atoms with van der Waals surface area (Å²) in [7, 11) is 1.92. The number of ether oxygens (including phenoxy) is 1. The molecule has 0 atom stereocenters. The van der Waals surface area contributed by atoms with E-state index in [-0.39, 0.29) is 0 Å². The van der Waals surface area contributed by atoms with Crippen molar-refractivity contribution in [3.8, 4) is 11.4 Å². The highest BCUT2D eigenvalue weighted by Gasteiger charge is 2.23. The number of rotatable bonds is 4. The van der Waals surface area contributed by atoms with Crippen molar-refractivity contribution in [3.63, 3.8) is 0 Å². The Morgan fingerprint density at radius 2 is 2.03 bits per heavy atom. The molecule has 0 bridgehead atoms. The van der Waals surface area contributed by atoms with Gasteiger partial charge in [0.15, 0.2) is 17.2 Å². The minimum Gasteiger partial charge on any atom is -0.432 e. The normalized spacial score (nSPS) is 14.8. The second-order valence-electron chi connectivity index (χ2n) is 7.72. The number of aromatic nitrogens is 4. The van der Waals surface area contributed by atoms with Crippen LogP contribution in [-0.4, -0.2) is 53.3 Å². The molecule has 1 aliphatic rings. The van der Waals surface area contributed by atoms with Gasteiger partial charge < -0.3 is 24.4 Å². The summed E-state index contributed by atoms with van der Waals surface area (Å²) < 4.78 is 11.7. The number of morpholine rings is 1. The fourth-order valence-corrected chi connectivity index (χ4v) is 4.25. The van der Waals surface area contributed by atoms with Crippen LogP contribution in [0.2, 0.25) is 0 Å². The maximum atomic E-state index is 6.19. The predicted octanol–water partition coefficient (Wildman–Crippen LogP) is 3.48. The van der Waals surface area contributed by atoms with Crippen molar-refractivity contribution >= 4 is 38.9 Å². The first-order chi connectivity index (χ1) is 15.3. The number of nitrogens with zero attached hydrogens (tertiary/aromatic N) is 4. The maximum Gasteiger partial charge on any atom is 0.229 e. The van der Waals surface area contributed by atoms with Gasteiger partial charge in [0.1, 0.15) is 5.52 Å². The molecule has 6 rings (SSSR count). The molecule has 8 heteroatoms. The average Bonchev–Trinajstić information content (AvgIpc) is 3.43. The van der Waals surface area contributed by atoms with Gasteiger partial charge in [-0.3, -0.25) is 0 Å². The van der Waals surface area contributed by atoms with Crippen LogP contribution in [0.3, 0.4) is 0 Å². The third-order valence-corrected chi connectivity index (χ3v) is 5.74. The highest BCUT2D eigenvalue weighted by molar-refractivity contribution is 6.06. The third kappa shape index (κ3) is 3.03. The summed E-state index contributed by atoms with van der Waals surface area (Å²) in [6.45, 7) is 3.58. The van der Waals surface area contributed by atoms with Crippen LogP contribution in [0.15, 0.2) is 47.1 Å². The molecule has 1 fully saturated rings. The van der Waals surface area contributed by atoms with Gasteiger partial charge in [0.05, 0.1) is 18.6 Å². The van der Waals surface area contributed by atoms with Crippen LogP contribution < -0.4 is 10.2 Å². The Hall–Kier alpha value is -3.49. The molecule has 0 unspecified atom stereocenters. The number of aromatic amines is 1. The Bertz CT molecular complexity index is 1400. The van der Waals surface area contributed by atoms with Crippen LogP contribution >= 0.6 is 0 Å². The molecular formula is C23H22N6O2. The molecule has 0 amide bonds. The number of benzene rings is 1. The van der Waals surface area contributed by atoms with Gasteiger partial charge in [-0.1, -0.05) is 12.1 Å². The quantitative estimate of drug-likeness (QED) is 0.465. The molecule has 4 aromatic heterocycles. The van der Waals surface area contributed by atoms with Crippen molar-refractivity contribution in [3.05, 3.63) is 48.3 Å². The van der Waals surface area contributed by atoms with Crippen LogP contribution in [0.4, 0.5) is 5.82 Å².